The first-order valence-electron chi connectivity index (χ1n) is 4.26. The van der Waals surface area contributed by atoms with Crippen LogP contribution in [0.15, 0.2) is 21.9 Å². The summed E-state index contributed by atoms with van der Waals surface area (Å²) in [5.41, 5.74) is 0.880. The predicted octanol–water partition coefficient (Wildman–Crippen LogP) is 3.30. The lowest BCUT2D eigenvalue weighted by Crippen LogP contribution is -1.88. The summed E-state index contributed by atoms with van der Waals surface area (Å²) in [6.45, 7) is 15.0. The largest absolute Gasteiger partial charge is 0.271 e. The van der Waals surface area contributed by atoms with Crippen molar-refractivity contribution in [3.05, 3.63) is 11.9 Å². The van der Waals surface area contributed by atoms with Crippen molar-refractivity contribution in [3.63, 3.8) is 0 Å². The van der Waals surface area contributed by atoms with Gasteiger partial charge in [-0.3, -0.25) is 9.98 Å². The summed E-state index contributed by atoms with van der Waals surface area (Å²) in [5.74, 6) is 0.382. The Labute approximate surface area is 76.1 Å². The number of aliphatic imine (C=N–C) groups is 2. The van der Waals surface area contributed by atoms with Crippen molar-refractivity contribution in [2.75, 3.05) is 0 Å². The quantitative estimate of drug-likeness (QED) is 0.578. The lowest BCUT2D eigenvalue weighted by atomic mass is 10.1. The molecule has 0 bridgehead atoms. The first-order valence-corrected chi connectivity index (χ1v) is 4.26. The second kappa shape index (κ2) is 10.1. The molecule has 0 saturated heterocycles. The third kappa shape index (κ3) is 9.08. The molecule has 0 radical (unpaired) electrons. The highest BCUT2D eigenvalue weighted by Crippen LogP contribution is 2.08. The molecule has 0 amide bonds. The smallest absolute Gasteiger partial charge is 0.0603 e. The number of hydrogen-bond donors (Lipinski definition) is 0. The van der Waals surface area contributed by atoms with Gasteiger partial charge in [0.1, 0.15) is 0 Å². The summed E-state index contributed by atoms with van der Waals surface area (Å²) < 4.78 is 0. The van der Waals surface area contributed by atoms with Crippen LogP contribution in [0.2, 0.25) is 0 Å². The van der Waals surface area contributed by atoms with E-state index in [9.17, 15) is 0 Å². The van der Waals surface area contributed by atoms with E-state index in [1.54, 1.807) is 6.20 Å². The molecule has 0 unspecified atom stereocenters. The third-order valence-electron chi connectivity index (χ3n) is 0.998. The summed E-state index contributed by atoms with van der Waals surface area (Å²) >= 11 is 0. The number of rotatable bonds is 3. The fraction of sp³-hybridized carbons (Fsp3) is 0.600. The molecule has 0 saturated carbocycles. The van der Waals surface area contributed by atoms with Crippen LogP contribution in [0.25, 0.3) is 0 Å². The van der Waals surface area contributed by atoms with Crippen LogP contribution < -0.4 is 0 Å². The maximum atomic E-state index is 3.75. The highest BCUT2D eigenvalue weighted by atomic mass is 14.8. The molecule has 0 fully saturated rings. The van der Waals surface area contributed by atoms with Crippen molar-refractivity contribution in [2.45, 2.75) is 34.1 Å². The lowest BCUT2D eigenvalue weighted by Gasteiger charge is -2.00. The van der Waals surface area contributed by atoms with Crippen LogP contribution in [0, 0.1) is 5.92 Å². The van der Waals surface area contributed by atoms with E-state index in [1.807, 2.05) is 13.8 Å². The summed E-state index contributed by atoms with van der Waals surface area (Å²) in [5, 5.41) is 0. The van der Waals surface area contributed by atoms with Gasteiger partial charge < -0.3 is 0 Å². The van der Waals surface area contributed by atoms with Gasteiger partial charge in [-0.15, -0.1) is 0 Å². The Kier molecular flexibility index (Phi) is 11.5. The fourth-order valence-electron chi connectivity index (χ4n) is 0.466. The summed E-state index contributed by atoms with van der Waals surface area (Å²) in [4.78, 5) is 7.34. The van der Waals surface area contributed by atoms with E-state index in [1.165, 1.54) is 6.42 Å². The third-order valence-corrected chi connectivity index (χ3v) is 0.998. The molecule has 0 spiro atoms. The first-order chi connectivity index (χ1) is 5.63. The molecular formula is C10H20N2. The molecule has 0 aliphatic carbocycles. The number of hydrogen-bond acceptors (Lipinski definition) is 2. The lowest BCUT2D eigenvalue weighted by molar-refractivity contribution is 0.757. The van der Waals surface area contributed by atoms with E-state index >= 15 is 0 Å². The van der Waals surface area contributed by atoms with Crippen molar-refractivity contribution >= 4 is 13.4 Å². The Morgan fingerprint density at radius 1 is 1.33 bits per heavy atom. The van der Waals surface area contributed by atoms with Crippen molar-refractivity contribution in [3.8, 4) is 0 Å². The topological polar surface area (TPSA) is 24.7 Å². The van der Waals surface area contributed by atoms with E-state index < -0.39 is 0 Å². The summed E-state index contributed by atoms with van der Waals surface area (Å²) in [6, 6.07) is 0. The van der Waals surface area contributed by atoms with Crippen molar-refractivity contribution in [2.24, 2.45) is 15.9 Å². The minimum atomic E-state index is 0.382. The van der Waals surface area contributed by atoms with Crippen LogP contribution in [0.4, 0.5) is 0 Å². The Balaban J connectivity index is 0. The molecule has 0 aliphatic rings. The van der Waals surface area contributed by atoms with Gasteiger partial charge >= 0.3 is 0 Å². The van der Waals surface area contributed by atoms with E-state index in [4.69, 9.17) is 0 Å². The van der Waals surface area contributed by atoms with E-state index in [0.29, 0.717) is 5.92 Å². The molecule has 70 valence electrons. The average molecular weight is 168 g/mol. The van der Waals surface area contributed by atoms with Gasteiger partial charge in [0, 0.05) is 6.20 Å². The first kappa shape index (κ1) is 13.7. The molecular weight excluding hydrogens is 148 g/mol. The van der Waals surface area contributed by atoms with Crippen LogP contribution in [0.5, 0.6) is 0 Å². The minimum Gasteiger partial charge on any atom is -0.271 e. The molecule has 2 heteroatoms. The normalized spacial score (nSPS) is 10.2. The molecule has 0 N–H and O–H groups in total. The number of nitrogens with zero attached hydrogens (tertiary/aromatic N) is 2. The van der Waals surface area contributed by atoms with Crippen LogP contribution in [-0.4, -0.2) is 13.4 Å². The Hall–Kier alpha value is -0.920. The number of allylic oxidation sites excluding steroid dienone is 1. The zero-order valence-corrected chi connectivity index (χ0v) is 8.67. The summed E-state index contributed by atoms with van der Waals surface area (Å²) in [6.07, 6.45) is 2.87. The molecule has 0 aromatic carbocycles. The Morgan fingerprint density at radius 2 is 1.75 bits per heavy atom. The zero-order chi connectivity index (χ0) is 9.98. The van der Waals surface area contributed by atoms with Gasteiger partial charge in [0.15, 0.2) is 0 Å². The molecule has 12 heavy (non-hydrogen) atoms. The monoisotopic (exact) mass is 168 g/mol. The van der Waals surface area contributed by atoms with Gasteiger partial charge in [0.25, 0.3) is 0 Å². The second-order valence-corrected chi connectivity index (χ2v) is 2.76. The van der Waals surface area contributed by atoms with Crippen molar-refractivity contribution in [1.82, 2.24) is 0 Å². The van der Waals surface area contributed by atoms with Crippen LogP contribution in [0.3, 0.4) is 0 Å². The molecule has 0 aliphatic heterocycles. The molecule has 0 aromatic rings. The van der Waals surface area contributed by atoms with Crippen LogP contribution in [-0.2, 0) is 0 Å². The Bertz CT molecular complexity index is 146. The van der Waals surface area contributed by atoms with Gasteiger partial charge in [0.2, 0.25) is 0 Å². The van der Waals surface area contributed by atoms with Crippen molar-refractivity contribution in [1.29, 1.82) is 0 Å². The molecule has 0 atom stereocenters. The standard InChI is InChI=1S/C7H12N2.C3H8/c1-6(2)7(9-4)5-8-3;1-3-2/h5-6H,3-4H2,1-2H3;3H2,1-2H3/b7-5-;. The molecule has 2 nitrogen and oxygen atoms in total. The summed E-state index contributed by atoms with van der Waals surface area (Å²) in [7, 11) is 0. The van der Waals surface area contributed by atoms with E-state index in [-0.39, 0.29) is 0 Å². The van der Waals surface area contributed by atoms with Crippen molar-refractivity contribution < 1.29 is 0 Å². The highest BCUT2D eigenvalue weighted by Gasteiger charge is 1.96. The van der Waals surface area contributed by atoms with Gasteiger partial charge in [-0.25, -0.2) is 0 Å². The van der Waals surface area contributed by atoms with Crippen LogP contribution in [0.1, 0.15) is 34.1 Å². The molecule has 0 heterocycles. The SMILES string of the molecule is C=N/C=C(\N=C)C(C)C.CCC. The van der Waals surface area contributed by atoms with Gasteiger partial charge in [-0.2, -0.15) is 0 Å². The highest BCUT2D eigenvalue weighted by molar-refractivity contribution is 5.31. The van der Waals surface area contributed by atoms with Gasteiger partial charge in [0.05, 0.1) is 5.70 Å². The van der Waals surface area contributed by atoms with E-state index in [2.05, 4.69) is 37.3 Å². The second-order valence-electron chi connectivity index (χ2n) is 2.76. The zero-order valence-electron chi connectivity index (χ0n) is 8.67. The Morgan fingerprint density at radius 3 is 1.83 bits per heavy atom. The van der Waals surface area contributed by atoms with Gasteiger partial charge in [-0.1, -0.05) is 34.1 Å². The maximum absolute atomic E-state index is 3.75. The predicted molar refractivity (Wildman–Crippen MR) is 58.0 cm³/mol. The average Bonchev–Trinajstić information content (AvgIpc) is 2.01. The fourth-order valence-corrected chi connectivity index (χ4v) is 0.466. The van der Waals surface area contributed by atoms with Gasteiger partial charge in [-0.05, 0) is 19.4 Å². The van der Waals surface area contributed by atoms with E-state index in [0.717, 1.165) is 5.70 Å². The maximum Gasteiger partial charge on any atom is 0.0603 e. The molecule has 0 rings (SSSR count). The minimum absolute atomic E-state index is 0.382. The van der Waals surface area contributed by atoms with Crippen LogP contribution >= 0.6 is 0 Å². The molecule has 0 aromatic heterocycles.